The molecule has 0 unspecified atom stereocenters. The summed E-state index contributed by atoms with van der Waals surface area (Å²) in [5, 5.41) is 27.9. The van der Waals surface area contributed by atoms with Gasteiger partial charge in [-0.3, -0.25) is 0 Å². The van der Waals surface area contributed by atoms with Crippen molar-refractivity contribution in [3.8, 4) is 0 Å². The zero-order valence-electron chi connectivity index (χ0n) is 37.3. The molecule has 0 N–H and O–H groups in total. The highest BCUT2D eigenvalue weighted by Crippen LogP contribution is 2.54. The molecule has 18 heteroatoms. The summed E-state index contributed by atoms with van der Waals surface area (Å²) in [5.74, 6) is 0. The maximum Gasteiger partial charge on any atom is 0.180 e. The molecule has 336 valence electrons. The molecule has 64 heavy (non-hydrogen) atoms. The molecule has 0 atom stereocenters. The summed E-state index contributed by atoms with van der Waals surface area (Å²) in [4.78, 5) is 0. The molecule has 0 bridgehead atoms. The van der Waals surface area contributed by atoms with Crippen molar-refractivity contribution >= 4 is 313 Å². The molecular weight excluding hydrogens is 1130 g/mol. The van der Waals surface area contributed by atoms with E-state index in [2.05, 4.69) is 170 Å². The standard InChI is InChI=1S/C44H44S8Si4.2CHCl3/c1-53(2,3)29-13-21-22-14-30(54(4,5)6)50-38(22)42-34-27(19-46-42)28-20-48-44-36(28)35-26(25-17-45-41(33(25)34)37(21)49-29)18-47-43(35)39-23(15-31(51-39)55(7,8)9)24-16-32(52-40(24)44)56(10,11)12;2*2-1(3)4/h13-20H,1-12H3;2*1H. The molecule has 11 rings (SSSR count). The van der Waals surface area contributed by atoms with Gasteiger partial charge in [-0.05, 0) is 63.8 Å². The fraction of sp³-hybridized carbons (Fsp3) is 0.304. The van der Waals surface area contributed by atoms with Crippen LogP contribution < -0.4 is 18.0 Å². The Morgan fingerprint density at radius 2 is 0.469 bits per heavy atom. The summed E-state index contributed by atoms with van der Waals surface area (Å²) in [6.45, 7) is 30.3. The molecule has 0 aliphatic carbocycles. The van der Waals surface area contributed by atoms with Gasteiger partial charge < -0.3 is 0 Å². The summed E-state index contributed by atoms with van der Waals surface area (Å²) in [5.41, 5.74) is 0. The van der Waals surface area contributed by atoms with Gasteiger partial charge in [-0.15, -0.1) is 90.7 Å². The van der Waals surface area contributed by atoms with Crippen molar-refractivity contribution in [2.45, 2.75) is 87.2 Å². The topological polar surface area (TPSA) is 0 Å². The minimum absolute atomic E-state index is 0.750. The molecule has 8 aromatic heterocycles. The Bertz CT molecular complexity index is 3180. The van der Waals surface area contributed by atoms with Crippen molar-refractivity contribution in [2.75, 3.05) is 0 Å². The molecule has 0 saturated carbocycles. The summed E-state index contributed by atoms with van der Waals surface area (Å²) < 4.78 is 16.9. The molecule has 0 aliphatic rings. The van der Waals surface area contributed by atoms with Crippen LogP contribution in [0.5, 0.6) is 0 Å². The van der Waals surface area contributed by atoms with Crippen LogP contribution in [0.1, 0.15) is 0 Å². The average Bonchev–Trinajstić information content (AvgIpc) is 3.99. The Labute approximate surface area is 440 Å². The lowest BCUT2D eigenvalue weighted by Gasteiger charge is -2.12. The van der Waals surface area contributed by atoms with Crippen LogP contribution >= 0.6 is 160 Å². The summed E-state index contributed by atoms with van der Waals surface area (Å²) in [6, 6.07) is 10.5. The molecule has 0 saturated heterocycles. The predicted octanol–water partition coefficient (Wildman–Crippen LogP) is 20.4. The second-order valence-electron chi connectivity index (χ2n) is 20.3. The van der Waals surface area contributed by atoms with Gasteiger partial charge in [-0.25, -0.2) is 0 Å². The van der Waals surface area contributed by atoms with Crippen LogP contribution in [0, 0.1) is 0 Å². The van der Waals surface area contributed by atoms with Crippen LogP contribution in [0.4, 0.5) is 0 Å². The summed E-state index contributed by atoms with van der Waals surface area (Å²) in [6.07, 6.45) is 0. The van der Waals surface area contributed by atoms with Crippen LogP contribution in [0.3, 0.4) is 0 Å². The number of hydrogen-bond donors (Lipinski definition) is 0. The Kier molecular flexibility index (Phi) is 13.5. The molecule has 0 fully saturated rings. The number of rotatable bonds is 4. The van der Waals surface area contributed by atoms with Crippen molar-refractivity contribution in [2.24, 2.45) is 0 Å². The number of thiophene rings is 8. The molecule has 3 aromatic carbocycles. The summed E-state index contributed by atoms with van der Waals surface area (Å²) in [7, 11) is -6.25. The minimum atomic E-state index is -1.56. The predicted molar refractivity (Wildman–Crippen MR) is 328 cm³/mol. The van der Waals surface area contributed by atoms with E-state index in [1.807, 2.05) is 45.3 Å². The monoisotopic (exact) mass is 1180 g/mol. The zero-order chi connectivity index (χ0) is 46.3. The second kappa shape index (κ2) is 17.5. The van der Waals surface area contributed by atoms with E-state index < -0.39 is 40.9 Å². The van der Waals surface area contributed by atoms with Gasteiger partial charge in [0.15, 0.2) is 8.59 Å². The quantitative estimate of drug-likeness (QED) is 0.122. The van der Waals surface area contributed by atoms with Gasteiger partial charge in [-0.2, -0.15) is 0 Å². The van der Waals surface area contributed by atoms with Crippen LogP contribution in [-0.2, 0) is 0 Å². The van der Waals surface area contributed by atoms with E-state index in [-0.39, 0.29) is 0 Å². The first-order valence-corrected chi connectivity index (χ1v) is 44.1. The fourth-order valence-electron chi connectivity index (χ4n) is 8.40. The molecule has 8 heterocycles. The number of halogens is 6. The van der Waals surface area contributed by atoms with Crippen molar-refractivity contribution in [1.29, 1.82) is 0 Å². The molecule has 0 spiro atoms. The molecule has 0 nitrogen and oxygen atoms in total. The van der Waals surface area contributed by atoms with Gasteiger partial charge in [0.2, 0.25) is 0 Å². The Hall–Kier alpha value is 0.208. The average molecular weight is 1180 g/mol. The molecule has 0 aliphatic heterocycles. The highest BCUT2D eigenvalue weighted by atomic mass is 35.6. The van der Waals surface area contributed by atoms with E-state index in [0.29, 0.717) is 0 Å². The normalized spacial score (nSPS) is 13.4. The first-order chi connectivity index (χ1) is 29.8. The van der Waals surface area contributed by atoms with Crippen LogP contribution in [0.25, 0.3) is 102 Å². The maximum atomic E-state index is 4.81. The van der Waals surface area contributed by atoms with Crippen molar-refractivity contribution in [1.82, 2.24) is 0 Å². The lowest BCUT2D eigenvalue weighted by atomic mass is 9.99. The van der Waals surface area contributed by atoms with E-state index in [0.717, 1.165) is 0 Å². The van der Waals surface area contributed by atoms with Crippen molar-refractivity contribution in [3.05, 3.63) is 45.8 Å². The Morgan fingerprint density at radius 1 is 0.297 bits per heavy atom. The van der Waals surface area contributed by atoms with Crippen LogP contribution in [0.2, 0.25) is 78.6 Å². The molecule has 11 aromatic rings. The van der Waals surface area contributed by atoms with E-state index >= 15 is 0 Å². The van der Waals surface area contributed by atoms with Crippen molar-refractivity contribution < 1.29 is 0 Å². The molecule has 0 radical (unpaired) electrons. The SMILES string of the molecule is C[Si](C)(C)c1cc2c3cc([Si](C)(C)C)sc3c3scc4c5csc6c7sc([Si](C)(C)C)cc7c7cc([Si](C)(C)C)sc7c7scc(c8csc(c2s1)c8c43)c7c56.ClC(Cl)Cl.ClC(Cl)Cl. The van der Waals surface area contributed by atoms with Crippen LogP contribution in [0.15, 0.2) is 45.8 Å². The largest absolute Gasteiger partial charge is 0.180 e. The molecule has 0 amide bonds. The number of alkyl halides is 6. The fourth-order valence-corrected chi connectivity index (χ4v) is 25.5. The van der Waals surface area contributed by atoms with Crippen molar-refractivity contribution in [3.63, 3.8) is 0 Å². The first-order valence-electron chi connectivity index (χ1n) is 20.7. The lowest BCUT2D eigenvalue weighted by Crippen LogP contribution is -2.34. The highest BCUT2D eigenvalue weighted by molar-refractivity contribution is 7.38. The van der Waals surface area contributed by atoms with E-state index in [1.165, 1.54) is 102 Å². The van der Waals surface area contributed by atoms with Gasteiger partial charge in [0, 0.05) is 64.6 Å². The third-order valence-corrected chi connectivity index (χ3v) is 35.0. The third kappa shape index (κ3) is 8.64. The highest BCUT2D eigenvalue weighted by Gasteiger charge is 2.29. The summed E-state index contributed by atoms with van der Waals surface area (Å²) >= 11 is 45.3. The van der Waals surface area contributed by atoms with Gasteiger partial charge in [0.1, 0.15) is 0 Å². The minimum Gasteiger partial charge on any atom is -0.143 e. The van der Waals surface area contributed by atoms with E-state index in [4.69, 9.17) is 69.6 Å². The lowest BCUT2D eigenvalue weighted by molar-refractivity contribution is 1.79. The first kappa shape index (κ1) is 49.2. The smallest absolute Gasteiger partial charge is 0.143 e. The van der Waals surface area contributed by atoms with Gasteiger partial charge in [0.25, 0.3) is 0 Å². The van der Waals surface area contributed by atoms with Crippen LogP contribution in [-0.4, -0.2) is 40.9 Å². The Morgan fingerprint density at radius 3 is 0.625 bits per heavy atom. The Balaban J connectivity index is 0.000000601. The molecular formula is C46H46Cl6S8Si4. The zero-order valence-corrected chi connectivity index (χ0v) is 52.4. The third-order valence-electron chi connectivity index (χ3n) is 11.5. The number of fused-ring (bicyclic) bond motifs is 12. The van der Waals surface area contributed by atoms with Gasteiger partial charge >= 0.3 is 0 Å². The maximum absolute atomic E-state index is 4.81. The number of hydrogen-bond acceptors (Lipinski definition) is 8. The van der Waals surface area contributed by atoms with Gasteiger partial charge in [0.05, 0.1) is 69.9 Å². The van der Waals surface area contributed by atoms with E-state index in [1.54, 1.807) is 18.0 Å². The van der Waals surface area contributed by atoms with E-state index in [9.17, 15) is 0 Å². The second-order valence-corrected chi connectivity index (χ2v) is 53.6. The van der Waals surface area contributed by atoms with Gasteiger partial charge in [-0.1, -0.05) is 148 Å².